The lowest BCUT2D eigenvalue weighted by molar-refractivity contribution is -0.123. The molecule has 3 N–H and O–H groups in total. The Kier molecular flexibility index (Phi) is 5.28. The molecule has 3 rings (SSSR count). The van der Waals surface area contributed by atoms with Crippen LogP contribution in [0.3, 0.4) is 0 Å². The maximum absolute atomic E-state index is 11.9. The number of anilines is 1. The molecule has 0 atom stereocenters. The minimum atomic E-state index is -0.495. The van der Waals surface area contributed by atoms with Crippen molar-refractivity contribution >= 4 is 34.2 Å². The van der Waals surface area contributed by atoms with Crippen LogP contribution < -0.4 is 16.0 Å². The average Bonchev–Trinajstić information content (AvgIpc) is 3.19. The third-order valence-corrected chi connectivity index (χ3v) is 3.63. The van der Waals surface area contributed by atoms with Crippen molar-refractivity contribution in [1.82, 2.24) is 10.6 Å². The zero-order valence-electron chi connectivity index (χ0n) is 13.8. The van der Waals surface area contributed by atoms with Crippen molar-refractivity contribution in [1.29, 1.82) is 0 Å². The molecule has 26 heavy (non-hydrogen) atoms. The molecular weight excluding hydrogens is 334 g/mol. The topological polar surface area (TPSA) is 100 Å². The van der Waals surface area contributed by atoms with E-state index in [0.29, 0.717) is 5.69 Å². The minimum absolute atomic E-state index is 0.117. The second-order valence-electron chi connectivity index (χ2n) is 5.55. The van der Waals surface area contributed by atoms with Gasteiger partial charge in [0.05, 0.1) is 19.4 Å². The van der Waals surface area contributed by atoms with E-state index < -0.39 is 11.8 Å². The number of furan rings is 1. The Morgan fingerprint density at radius 2 is 1.58 bits per heavy atom. The molecule has 0 saturated heterocycles. The number of fused-ring (bicyclic) bond motifs is 1. The van der Waals surface area contributed by atoms with Crippen LogP contribution in [0.15, 0.2) is 65.3 Å². The highest BCUT2D eigenvalue weighted by molar-refractivity contribution is 5.98. The summed E-state index contributed by atoms with van der Waals surface area (Å²) in [4.78, 5) is 35.3. The highest BCUT2D eigenvalue weighted by Crippen LogP contribution is 2.18. The maximum Gasteiger partial charge on any atom is 0.287 e. The van der Waals surface area contributed by atoms with Crippen LogP contribution in [0.25, 0.3) is 10.8 Å². The molecule has 0 saturated carbocycles. The second-order valence-corrected chi connectivity index (χ2v) is 5.55. The molecule has 0 radical (unpaired) electrons. The fourth-order valence-electron chi connectivity index (χ4n) is 2.37. The fraction of sp³-hybridized carbons (Fsp3) is 0.105. The zero-order valence-corrected chi connectivity index (χ0v) is 13.8. The number of carbonyl (C=O) groups excluding carboxylic acids is 3. The molecule has 7 nitrogen and oxygen atoms in total. The van der Waals surface area contributed by atoms with Gasteiger partial charge in [-0.25, -0.2) is 0 Å². The summed E-state index contributed by atoms with van der Waals surface area (Å²) >= 11 is 0. The lowest BCUT2D eigenvalue weighted by Gasteiger charge is -2.08. The van der Waals surface area contributed by atoms with Gasteiger partial charge < -0.3 is 20.4 Å². The maximum atomic E-state index is 11.9. The third-order valence-electron chi connectivity index (χ3n) is 3.63. The van der Waals surface area contributed by atoms with E-state index in [1.165, 1.54) is 12.3 Å². The van der Waals surface area contributed by atoms with Crippen molar-refractivity contribution in [2.45, 2.75) is 0 Å². The van der Waals surface area contributed by atoms with E-state index in [1.54, 1.807) is 12.1 Å². The summed E-state index contributed by atoms with van der Waals surface area (Å²) in [6.07, 6.45) is 1.37. The van der Waals surface area contributed by atoms with E-state index in [2.05, 4.69) is 16.0 Å². The van der Waals surface area contributed by atoms with E-state index in [1.807, 2.05) is 36.4 Å². The summed E-state index contributed by atoms with van der Waals surface area (Å²) in [5.74, 6) is -1.21. The van der Waals surface area contributed by atoms with Gasteiger partial charge in [-0.15, -0.1) is 0 Å². The molecule has 0 fully saturated rings. The zero-order chi connectivity index (χ0) is 18.4. The van der Waals surface area contributed by atoms with E-state index in [9.17, 15) is 14.4 Å². The molecule has 0 aliphatic carbocycles. The van der Waals surface area contributed by atoms with Crippen LogP contribution in [0.5, 0.6) is 0 Å². The van der Waals surface area contributed by atoms with Crippen LogP contribution in [0.1, 0.15) is 10.6 Å². The Morgan fingerprint density at radius 3 is 2.35 bits per heavy atom. The molecule has 7 heteroatoms. The largest absolute Gasteiger partial charge is 0.459 e. The van der Waals surface area contributed by atoms with Gasteiger partial charge in [0.1, 0.15) is 0 Å². The lowest BCUT2D eigenvalue weighted by Crippen LogP contribution is -2.40. The molecule has 3 aromatic rings. The normalized spacial score (nSPS) is 10.3. The number of benzene rings is 2. The van der Waals surface area contributed by atoms with Crippen LogP contribution >= 0.6 is 0 Å². The van der Waals surface area contributed by atoms with Gasteiger partial charge in [0, 0.05) is 5.69 Å². The first-order chi connectivity index (χ1) is 12.6. The molecule has 132 valence electrons. The summed E-state index contributed by atoms with van der Waals surface area (Å²) in [5, 5.41) is 9.65. The van der Waals surface area contributed by atoms with Gasteiger partial charge in [-0.1, -0.05) is 30.3 Å². The fourth-order valence-corrected chi connectivity index (χ4v) is 2.37. The predicted octanol–water partition coefficient (Wildman–Crippen LogP) is 1.92. The van der Waals surface area contributed by atoms with Crippen LogP contribution in [0.2, 0.25) is 0 Å². The van der Waals surface area contributed by atoms with Gasteiger partial charge in [-0.2, -0.15) is 0 Å². The second kappa shape index (κ2) is 7.98. The van der Waals surface area contributed by atoms with Crippen LogP contribution in [0, 0.1) is 0 Å². The molecule has 0 aliphatic heterocycles. The molecule has 3 amide bonds. The Bertz CT molecular complexity index is 935. The number of hydrogen-bond donors (Lipinski definition) is 3. The number of carbonyl (C=O) groups is 3. The first-order valence-electron chi connectivity index (χ1n) is 7.99. The summed E-state index contributed by atoms with van der Waals surface area (Å²) in [6, 6.07) is 16.4. The molecule has 0 spiro atoms. The SMILES string of the molecule is O=C(CNC(=O)c1ccco1)NCC(=O)Nc1ccc2ccccc2c1. The Hall–Kier alpha value is -3.61. The van der Waals surface area contributed by atoms with Crippen LogP contribution in [0.4, 0.5) is 5.69 Å². The monoisotopic (exact) mass is 351 g/mol. The average molecular weight is 351 g/mol. The smallest absolute Gasteiger partial charge is 0.287 e. The van der Waals surface area contributed by atoms with Crippen molar-refractivity contribution in [2.24, 2.45) is 0 Å². The quantitative estimate of drug-likeness (QED) is 0.631. The molecular formula is C19H17N3O4. The van der Waals surface area contributed by atoms with Crippen LogP contribution in [-0.4, -0.2) is 30.8 Å². The number of nitrogens with one attached hydrogen (secondary N) is 3. The van der Waals surface area contributed by atoms with Crippen molar-refractivity contribution in [3.05, 3.63) is 66.6 Å². The molecule has 2 aromatic carbocycles. The predicted molar refractivity (Wildman–Crippen MR) is 96.6 cm³/mol. The Balaban J connectivity index is 1.44. The van der Waals surface area contributed by atoms with Crippen LogP contribution in [-0.2, 0) is 9.59 Å². The van der Waals surface area contributed by atoms with Gasteiger partial charge in [0.15, 0.2) is 5.76 Å². The Morgan fingerprint density at radius 1 is 0.808 bits per heavy atom. The summed E-state index contributed by atoms with van der Waals surface area (Å²) < 4.78 is 4.91. The van der Waals surface area contributed by atoms with Gasteiger partial charge in [0.25, 0.3) is 5.91 Å². The molecule has 0 bridgehead atoms. The van der Waals surface area contributed by atoms with Crippen molar-refractivity contribution in [2.75, 3.05) is 18.4 Å². The lowest BCUT2D eigenvalue weighted by atomic mass is 10.1. The van der Waals surface area contributed by atoms with E-state index >= 15 is 0 Å². The standard InChI is InChI=1S/C19H17N3O4/c23-17(11-21-19(25)16-6-3-9-26-16)20-12-18(24)22-15-8-7-13-4-1-2-5-14(13)10-15/h1-10H,11-12H2,(H,20,23)(H,21,25)(H,22,24). The number of amides is 3. The van der Waals surface area contributed by atoms with E-state index in [0.717, 1.165) is 10.8 Å². The summed E-state index contributed by atoms with van der Waals surface area (Å²) in [7, 11) is 0. The summed E-state index contributed by atoms with van der Waals surface area (Å²) in [6.45, 7) is -0.439. The van der Waals surface area contributed by atoms with Crippen molar-refractivity contribution in [3.8, 4) is 0 Å². The van der Waals surface area contributed by atoms with E-state index in [4.69, 9.17) is 4.42 Å². The van der Waals surface area contributed by atoms with Crippen molar-refractivity contribution < 1.29 is 18.8 Å². The van der Waals surface area contributed by atoms with Gasteiger partial charge in [0.2, 0.25) is 11.8 Å². The summed E-state index contributed by atoms with van der Waals surface area (Å²) in [5.41, 5.74) is 0.647. The molecule has 0 unspecified atom stereocenters. The first-order valence-corrected chi connectivity index (χ1v) is 7.99. The first kappa shape index (κ1) is 17.2. The number of hydrogen-bond acceptors (Lipinski definition) is 4. The van der Waals surface area contributed by atoms with Gasteiger partial charge >= 0.3 is 0 Å². The Labute approximate surface area is 149 Å². The van der Waals surface area contributed by atoms with Gasteiger partial charge in [-0.3, -0.25) is 14.4 Å². The highest BCUT2D eigenvalue weighted by Gasteiger charge is 2.11. The molecule has 1 heterocycles. The number of rotatable bonds is 6. The minimum Gasteiger partial charge on any atom is -0.459 e. The van der Waals surface area contributed by atoms with Gasteiger partial charge in [-0.05, 0) is 35.0 Å². The van der Waals surface area contributed by atoms with E-state index in [-0.39, 0.29) is 24.8 Å². The highest BCUT2D eigenvalue weighted by atomic mass is 16.3. The third kappa shape index (κ3) is 4.47. The molecule has 1 aromatic heterocycles. The van der Waals surface area contributed by atoms with Crippen molar-refractivity contribution in [3.63, 3.8) is 0 Å². The molecule has 0 aliphatic rings.